The summed E-state index contributed by atoms with van der Waals surface area (Å²) >= 11 is 9.84. The average Bonchev–Trinajstić information content (AvgIpc) is 3.14. The van der Waals surface area contributed by atoms with Crippen molar-refractivity contribution in [3.8, 4) is 5.75 Å². The molecular weight excluding hydrogens is 424 g/mol. The molecule has 2 atom stereocenters. The fourth-order valence-corrected chi connectivity index (χ4v) is 4.34. The van der Waals surface area contributed by atoms with Crippen LogP contribution in [0.25, 0.3) is 0 Å². The first-order chi connectivity index (χ1) is 13.2. The molecule has 0 N–H and O–H groups in total. The molecule has 5 rings (SSSR count). The smallest absolute Gasteiger partial charge is 0.213 e. The Hall–Kier alpha value is -2.30. The highest BCUT2D eigenvalue weighted by atomic mass is 79.9. The number of nitrogens with zero attached hydrogens (tertiary/aromatic N) is 2. The standard InChI is InChI=1S/C22H16BrClN2O/c23-16-8-4-7-15(11-16)22-26-20(18-12-17(24)9-10-21(18)27-22)13-19(25-26)14-5-2-1-3-6-14/h1-12,20,22H,13H2/t20-,22-/m0/s1. The Balaban J connectivity index is 1.62. The molecule has 3 nitrogen and oxygen atoms in total. The van der Waals surface area contributed by atoms with E-state index in [4.69, 9.17) is 21.4 Å². The zero-order valence-corrected chi connectivity index (χ0v) is 16.7. The second kappa shape index (κ2) is 6.70. The van der Waals surface area contributed by atoms with Crippen LogP contribution in [0.2, 0.25) is 5.02 Å². The molecule has 3 aromatic carbocycles. The van der Waals surface area contributed by atoms with Crippen molar-refractivity contribution in [2.45, 2.75) is 18.7 Å². The lowest BCUT2D eigenvalue weighted by molar-refractivity contribution is -0.0190. The molecule has 2 heterocycles. The normalized spacial score (nSPS) is 20.5. The van der Waals surface area contributed by atoms with Gasteiger partial charge in [-0.1, -0.05) is 70.0 Å². The van der Waals surface area contributed by atoms with E-state index in [2.05, 4.69) is 45.2 Å². The fraction of sp³-hybridized carbons (Fsp3) is 0.136. The summed E-state index contributed by atoms with van der Waals surface area (Å²) in [4.78, 5) is 0. The third kappa shape index (κ3) is 3.03. The quantitative estimate of drug-likeness (QED) is 0.465. The van der Waals surface area contributed by atoms with Gasteiger partial charge in [-0.2, -0.15) is 5.10 Å². The molecule has 0 unspecified atom stereocenters. The summed E-state index contributed by atoms with van der Waals surface area (Å²) in [5.41, 5.74) is 4.36. The summed E-state index contributed by atoms with van der Waals surface area (Å²) in [6.07, 6.45) is 0.549. The van der Waals surface area contributed by atoms with Crippen LogP contribution in [0.1, 0.15) is 35.4 Å². The van der Waals surface area contributed by atoms with E-state index in [1.165, 1.54) is 0 Å². The second-order valence-electron chi connectivity index (χ2n) is 6.72. The molecule has 0 amide bonds. The molecule has 0 aliphatic carbocycles. The van der Waals surface area contributed by atoms with E-state index < -0.39 is 0 Å². The monoisotopic (exact) mass is 438 g/mol. The van der Waals surface area contributed by atoms with Crippen molar-refractivity contribution in [2.75, 3.05) is 0 Å². The fourth-order valence-electron chi connectivity index (χ4n) is 3.74. The molecule has 5 heteroatoms. The minimum absolute atomic E-state index is 0.103. The summed E-state index contributed by atoms with van der Waals surface area (Å²) in [5, 5.41) is 7.75. The number of hydrogen-bond acceptors (Lipinski definition) is 3. The van der Waals surface area contributed by atoms with Crippen molar-refractivity contribution in [3.05, 3.63) is 99.0 Å². The molecule has 2 aliphatic heterocycles. The molecule has 3 aromatic rings. The van der Waals surface area contributed by atoms with E-state index in [0.717, 1.165) is 39.0 Å². The number of ether oxygens (including phenoxy) is 1. The van der Waals surface area contributed by atoms with E-state index in [1.54, 1.807) is 0 Å². The number of rotatable bonds is 2. The predicted octanol–water partition coefficient (Wildman–Crippen LogP) is 6.34. The van der Waals surface area contributed by atoms with Gasteiger partial charge >= 0.3 is 0 Å². The lowest BCUT2D eigenvalue weighted by atomic mass is 9.96. The highest BCUT2D eigenvalue weighted by molar-refractivity contribution is 9.10. The predicted molar refractivity (Wildman–Crippen MR) is 111 cm³/mol. The van der Waals surface area contributed by atoms with E-state index in [-0.39, 0.29) is 12.3 Å². The van der Waals surface area contributed by atoms with Gasteiger partial charge in [-0.05, 0) is 35.9 Å². The number of benzene rings is 3. The number of halogens is 2. The molecule has 0 saturated heterocycles. The van der Waals surface area contributed by atoms with E-state index in [1.807, 2.05) is 48.5 Å². The average molecular weight is 440 g/mol. The Kier molecular flexibility index (Phi) is 4.18. The van der Waals surface area contributed by atoms with Crippen molar-refractivity contribution in [1.82, 2.24) is 5.01 Å². The molecule has 0 spiro atoms. The number of hydrazone groups is 1. The molecule has 0 fully saturated rings. The van der Waals surface area contributed by atoms with Crippen molar-refractivity contribution in [3.63, 3.8) is 0 Å². The van der Waals surface area contributed by atoms with Gasteiger partial charge < -0.3 is 4.74 Å². The number of hydrogen-bond donors (Lipinski definition) is 0. The Bertz CT molecular complexity index is 1040. The minimum atomic E-state index is -0.276. The highest BCUT2D eigenvalue weighted by Crippen LogP contribution is 2.48. The van der Waals surface area contributed by atoms with Gasteiger partial charge in [0.25, 0.3) is 0 Å². The third-order valence-electron chi connectivity index (χ3n) is 4.99. The molecule has 2 aliphatic rings. The van der Waals surface area contributed by atoms with Crippen LogP contribution in [0.15, 0.2) is 82.4 Å². The van der Waals surface area contributed by atoms with Gasteiger partial charge in [0.1, 0.15) is 5.75 Å². The Morgan fingerprint density at radius 1 is 1.00 bits per heavy atom. The summed E-state index contributed by atoms with van der Waals surface area (Å²) < 4.78 is 7.39. The largest absolute Gasteiger partial charge is 0.464 e. The van der Waals surface area contributed by atoms with Crippen LogP contribution >= 0.6 is 27.5 Å². The molecule has 27 heavy (non-hydrogen) atoms. The van der Waals surface area contributed by atoms with Crippen molar-refractivity contribution in [1.29, 1.82) is 0 Å². The Labute approximate surface area is 171 Å². The first kappa shape index (κ1) is 16.8. The topological polar surface area (TPSA) is 24.8 Å². The first-order valence-electron chi connectivity index (χ1n) is 8.82. The molecule has 0 saturated carbocycles. The minimum Gasteiger partial charge on any atom is -0.464 e. The van der Waals surface area contributed by atoms with Gasteiger partial charge in [0.2, 0.25) is 6.23 Å². The van der Waals surface area contributed by atoms with Crippen molar-refractivity contribution < 1.29 is 4.74 Å². The van der Waals surface area contributed by atoms with Crippen LogP contribution in [0.4, 0.5) is 0 Å². The zero-order chi connectivity index (χ0) is 18.4. The van der Waals surface area contributed by atoms with Gasteiger partial charge in [0.05, 0.1) is 11.8 Å². The maximum Gasteiger partial charge on any atom is 0.213 e. The van der Waals surface area contributed by atoms with Crippen molar-refractivity contribution >= 4 is 33.2 Å². The lowest BCUT2D eigenvalue weighted by Crippen LogP contribution is -2.33. The van der Waals surface area contributed by atoms with Gasteiger partial charge in [-0.3, -0.25) is 0 Å². The summed E-state index contributed by atoms with van der Waals surface area (Å²) in [6, 6.07) is 24.4. The van der Waals surface area contributed by atoms with Crippen LogP contribution in [0.3, 0.4) is 0 Å². The molecule has 0 aromatic heterocycles. The molecule has 0 radical (unpaired) electrons. The third-order valence-corrected chi connectivity index (χ3v) is 5.72. The van der Waals surface area contributed by atoms with E-state index in [9.17, 15) is 0 Å². The SMILES string of the molecule is Clc1ccc2c(c1)[C@@H]1CC(c3ccccc3)=NN1[C@H](c1cccc(Br)c1)O2. The first-order valence-corrected chi connectivity index (χ1v) is 9.99. The van der Waals surface area contributed by atoms with Crippen LogP contribution in [0, 0.1) is 0 Å². The zero-order valence-electron chi connectivity index (χ0n) is 14.3. The summed E-state index contributed by atoms with van der Waals surface area (Å²) in [7, 11) is 0. The van der Waals surface area contributed by atoms with E-state index in [0.29, 0.717) is 5.02 Å². The van der Waals surface area contributed by atoms with Gasteiger partial charge in [-0.15, -0.1) is 0 Å². The maximum atomic E-state index is 6.37. The molecular formula is C22H16BrClN2O. The van der Waals surface area contributed by atoms with Crippen LogP contribution < -0.4 is 4.74 Å². The highest BCUT2D eigenvalue weighted by Gasteiger charge is 2.41. The van der Waals surface area contributed by atoms with Gasteiger partial charge in [0.15, 0.2) is 0 Å². The van der Waals surface area contributed by atoms with Gasteiger partial charge in [0, 0.05) is 27.0 Å². The Morgan fingerprint density at radius 3 is 2.67 bits per heavy atom. The summed E-state index contributed by atoms with van der Waals surface area (Å²) in [5.74, 6) is 0.870. The van der Waals surface area contributed by atoms with Crippen LogP contribution in [-0.2, 0) is 0 Å². The van der Waals surface area contributed by atoms with E-state index >= 15 is 0 Å². The molecule has 134 valence electrons. The molecule has 0 bridgehead atoms. The number of fused-ring (bicyclic) bond motifs is 3. The van der Waals surface area contributed by atoms with Crippen LogP contribution in [-0.4, -0.2) is 10.7 Å². The summed E-state index contributed by atoms with van der Waals surface area (Å²) in [6.45, 7) is 0. The maximum absolute atomic E-state index is 6.37. The lowest BCUT2D eigenvalue weighted by Gasteiger charge is -2.38. The van der Waals surface area contributed by atoms with Crippen LogP contribution in [0.5, 0.6) is 5.75 Å². The van der Waals surface area contributed by atoms with Gasteiger partial charge in [-0.25, -0.2) is 5.01 Å². The second-order valence-corrected chi connectivity index (χ2v) is 8.07. The Morgan fingerprint density at radius 2 is 1.85 bits per heavy atom. The van der Waals surface area contributed by atoms with Crippen molar-refractivity contribution in [2.24, 2.45) is 5.10 Å².